The van der Waals surface area contributed by atoms with Crippen molar-refractivity contribution in [3.63, 3.8) is 0 Å². The molecule has 168 valence electrons. The molecule has 0 fully saturated rings. The number of carbonyl (C=O) groups is 2. The molecule has 6 nitrogen and oxygen atoms in total. The summed E-state index contributed by atoms with van der Waals surface area (Å²) >= 11 is 0. The smallest absolute Gasteiger partial charge is 0.261 e. The van der Waals surface area contributed by atoms with Gasteiger partial charge in [-0.15, -0.1) is 0 Å². The highest BCUT2D eigenvalue weighted by atomic mass is 16.5. The fraction of sp³-hybridized carbons (Fsp3) is 0.440. The fourth-order valence-electron chi connectivity index (χ4n) is 3.32. The SMILES string of the molecule is CCNC(=O)[C@H](CC)N(Cc1ccc(OC)cc1)C(=O)COc1ccc(C(C)C)cc1. The summed E-state index contributed by atoms with van der Waals surface area (Å²) in [7, 11) is 1.61. The van der Waals surface area contributed by atoms with Gasteiger partial charge in [0.25, 0.3) is 5.91 Å². The fourth-order valence-corrected chi connectivity index (χ4v) is 3.32. The zero-order valence-electron chi connectivity index (χ0n) is 19.2. The van der Waals surface area contributed by atoms with Gasteiger partial charge < -0.3 is 19.7 Å². The number of ether oxygens (including phenoxy) is 2. The van der Waals surface area contributed by atoms with Crippen LogP contribution in [-0.2, 0) is 16.1 Å². The predicted octanol–water partition coefficient (Wildman–Crippen LogP) is 4.14. The monoisotopic (exact) mass is 426 g/mol. The van der Waals surface area contributed by atoms with Crippen molar-refractivity contribution in [1.82, 2.24) is 10.2 Å². The van der Waals surface area contributed by atoms with Gasteiger partial charge in [-0.25, -0.2) is 0 Å². The number of amides is 2. The lowest BCUT2D eigenvalue weighted by molar-refractivity contribution is -0.142. The van der Waals surface area contributed by atoms with E-state index in [2.05, 4.69) is 19.2 Å². The first-order chi connectivity index (χ1) is 14.9. The van der Waals surface area contributed by atoms with Gasteiger partial charge in [-0.05, 0) is 54.7 Å². The summed E-state index contributed by atoms with van der Waals surface area (Å²) in [5, 5.41) is 2.83. The van der Waals surface area contributed by atoms with E-state index in [9.17, 15) is 9.59 Å². The van der Waals surface area contributed by atoms with Crippen LogP contribution < -0.4 is 14.8 Å². The first-order valence-corrected chi connectivity index (χ1v) is 10.8. The highest BCUT2D eigenvalue weighted by Crippen LogP contribution is 2.20. The van der Waals surface area contributed by atoms with Crippen LogP contribution in [0.1, 0.15) is 51.2 Å². The van der Waals surface area contributed by atoms with Crippen LogP contribution in [0.3, 0.4) is 0 Å². The quantitative estimate of drug-likeness (QED) is 0.586. The summed E-state index contributed by atoms with van der Waals surface area (Å²) in [4.78, 5) is 27.3. The van der Waals surface area contributed by atoms with Gasteiger partial charge in [0.15, 0.2) is 6.61 Å². The van der Waals surface area contributed by atoms with Crippen molar-refractivity contribution in [2.24, 2.45) is 0 Å². The number of nitrogens with one attached hydrogen (secondary N) is 1. The highest BCUT2D eigenvalue weighted by Gasteiger charge is 2.28. The van der Waals surface area contributed by atoms with E-state index in [0.29, 0.717) is 31.2 Å². The van der Waals surface area contributed by atoms with E-state index in [1.165, 1.54) is 5.56 Å². The molecule has 0 spiro atoms. The maximum atomic E-state index is 13.1. The van der Waals surface area contributed by atoms with Crippen LogP contribution in [0.4, 0.5) is 0 Å². The Hall–Kier alpha value is -3.02. The van der Waals surface area contributed by atoms with Crippen molar-refractivity contribution in [3.8, 4) is 11.5 Å². The molecular weight excluding hydrogens is 392 g/mol. The van der Waals surface area contributed by atoms with E-state index in [-0.39, 0.29) is 18.4 Å². The molecule has 0 saturated heterocycles. The molecule has 0 unspecified atom stereocenters. The molecule has 0 aliphatic carbocycles. The lowest BCUT2D eigenvalue weighted by Gasteiger charge is -2.30. The largest absolute Gasteiger partial charge is 0.497 e. The summed E-state index contributed by atoms with van der Waals surface area (Å²) in [6.45, 7) is 8.72. The summed E-state index contributed by atoms with van der Waals surface area (Å²) in [6, 6.07) is 14.7. The van der Waals surface area contributed by atoms with Gasteiger partial charge in [0.1, 0.15) is 17.5 Å². The van der Waals surface area contributed by atoms with E-state index in [1.54, 1.807) is 12.0 Å². The Bertz CT molecular complexity index is 832. The topological polar surface area (TPSA) is 67.9 Å². The molecule has 1 atom stereocenters. The standard InChI is InChI=1S/C25H34N2O4/c1-6-23(25(29)26-7-2)27(16-19-8-12-21(30-5)13-9-19)24(28)17-31-22-14-10-20(11-15-22)18(3)4/h8-15,18,23H,6-7,16-17H2,1-5H3,(H,26,29)/t23-/m0/s1. The van der Waals surface area contributed by atoms with Crippen LogP contribution in [-0.4, -0.2) is 43.0 Å². The third kappa shape index (κ3) is 7.02. The van der Waals surface area contributed by atoms with Gasteiger partial charge in [-0.1, -0.05) is 45.0 Å². The molecule has 0 heterocycles. The first kappa shape index (κ1) is 24.3. The molecular formula is C25H34N2O4. The number of methoxy groups -OCH3 is 1. The van der Waals surface area contributed by atoms with Crippen LogP contribution in [0.15, 0.2) is 48.5 Å². The molecule has 0 aliphatic rings. The minimum Gasteiger partial charge on any atom is -0.497 e. The second-order valence-electron chi connectivity index (χ2n) is 7.70. The summed E-state index contributed by atoms with van der Waals surface area (Å²) in [6.07, 6.45) is 0.511. The molecule has 0 bridgehead atoms. The number of hydrogen-bond donors (Lipinski definition) is 1. The molecule has 2 amide bonds. The van der Waals surface area contributed by atoms with Crippen molar-refractivity contribution in [3.05, 3.63) is 59.7 Å². The van der Waals surface area contributed by atoms with Gasteiger partial charge in [0.05, 0.1) is 7.11 Å². The minimum atomic E-state index is -0.568. The van der Waals surface area contributed by atoms with E-state index < -0.39 is 6.04 Å². The molecule has 6 heteroatoms. The average Bonchev–Trinajstić information content (AvgIpc) is 2.78. The summed E-state index contributed by atoms with van der Waals surface area (Å²) in [5.74, 6) is 1.41. The van der Waals surface area contributed by atoms with Gasteiger partial charge in [0.2, 0.25) is 5.91 Å². The maximum absolute atomic E-state index is 13.1. The van der Waals surface area contributed by atoms with Crippen LogP contribution in [0.2, 0.25) is 0 Å². The van der Waals surface area contributed by atoms with Crippen molar-refractivity contribution >= 4 is 11.8 Å². The number of carbonyl (C=O) groups excluding carboxylic acids is 2. The molecule has 2 aromatic carbocycles. The van der Waals surface area contributed by atoms with Crippen LogP contribution in [0, 0.1) is 0 Å². The Morgan fingerprint density at radius 1 is 0.968 bits per heavy atom. The van der Waals surface area contributed by atoms with Gasteiger partial charge >= 0.3 is 0 Å². The van der Waals surface area contributed by atoms with Crippen molar-refractivity contribution in [2.45, 2.75) is 52.6 Å². The van der Waals surface area contributed by atoms with E-state index in [4.69, 9.17) is 9.47 Å². The lowest BCUT2D eigenvalue weighted by atomic mass is 10.0. The lowest BCUT2D eigenvalue weighted by Crippen LogP contribution is -2.50. The van der Waals surface area contributed by atoms with Crippen molar-refractivity contribution in [2.75, 3.05) is 20.3 Å². The molecule has 0 saturated carbocycles. The number of benzene rings is 2. The van der Waals surface area contributed by atoms with Gasteiger partial charge in [-0.3, -0.25) is 9.59 Å². The normalized spacial score (nSPS) is 11.7. The third-order valence-electron chi connectivity index (χ3n) is 5.16. The Labute approximate surface area is 185 Å². The van der Waals surface area contributed by atoms with Crippen LogP contribution in [0.5, 0.6) is 11.5 Å². The zero-order chi connectivity index (χ0) is 22.8. The Morgan fingerprint density at radius 3 is 2.10 bits per heavy atom. The Morgan fingerprint density at radius 2 is 1.58 bits per heavy atom. The summed E-state index contributed by atoms with van der Waals surface area (Å²) in [5.41, 5.74) is 2.13. The highest BCUT2D eigenvalue weighted by molar-refractivity contribution is 5.88. The van der Waals surface area contributed by atoms with E-state index >= 15 is 0 Å². The number of likely N-dealkylation sites (N-methyl/N-ethyl adjacent to an activating group) is 1. The molecule has 2 aromatic rings. The molecule has 1 N–H and O–H groups in total. The minimum absolute atomic E-state index is 0.132. The maximum Gasteiger partial charge on any atom is 0.261 e. The van der Waals surface area contributed by atoms with Gasteiger partial charge in [-0.2, -0.15) is 0 Å². The third-order valence-corrected chi connectivity index (χ3v) is 5.16. The molecule has 0 aliphatic heterocycles. The second-order valence-corrected chi connectivity index (χ2v) is 7.70. The predicted molar refractivity (Wildman–Crippen MR) is 122 cm³/mol. The second kappa shape index (κ2) is 12.0. The van der Waals surface area contributed by atoms with E-state index in [1.807, 2.05) is 62.4 Å². The van der Waals surface area contributed by atoms with Gasteiger partial charge in [0, 0.05) is 13.1 Å². The number of rotatable bonds is 11. The summed E-state index contributed by atoms with van der Waals surface area (Å²) < 4.78 is 11.0. The first-order valence-electron chi connectivity index (χ1n) is 10.8. The van der Waals surface area contributed by atoms with E-state index in [0.717, 1.165) is 11.3 Å². The van der Waals surface area contributed by atoms with Crippen molar-refractivity contribution in [1.29, 1.82) is 0 Å². The number of hydrogen-bond acceptors (Lipinski definition) is 4. The molecule has 0 aromatic heterocycles. The molecule has 2 rings (SSSR count). The van der Waals surface area contributed by atoms with Crippen LogP contribution >= 0.6 is 0 Å². The zero-order valence-corrected chi connectivity index (χ0v) is 19.2. The average molecular weight is 427 g/mol. The van der Waals surface area contributed by atoms with Crippen molar-refractivity contribution < 1.29 is 19.1 Å². The Balaban J connectivity index is 2.16. The number of nitrogens with zero attached hydrogens (tertiary/aromatic N) is 1. The Kier molecular flexibility index (Phi) is 9.38. The molecule has 0 radical (unpaired) electrons. The van der Waals surface area contributed by atoms with Crippen LogP contribution in [0.25, 0.3) is 0 Å². The molecule has 31 heavy (non-hydrogen) atoms.